The summed E-state index contributed by atoms with van der Waals surface area (Å²) in [6, 6.07) is 0. The van der Waals surface area contributed by atoms with E-state index < -0.39 is 0 Å². The van der Waals surface area contributed by atoms with Gasteiger partial charge in [0.1, 0.15) is 5.69 Å². The van der Waals surface area contributed by atoms with E-state index in [-0.39, 0.29) is 5.78 Å². The normalized spacial score (nSPS) is 9.93. The van der Waals surface area contributed by atoms with Gasteiger partial charge in [0.15, 0.2) is 0 Å². The third kappa shape index (κ3) is 2.81. The minimum absolute atomic E-state index is 0.0548. The smallest absolute Gasteiger partial charge is 0.205 e. The fourth-order valence-corrected chi connectivity index (χ4v) is 1.09. The zero-order chi connectivity index (χ0) is 10.6. The summed E-state index contributed by atoms with van der Waals surface area (Å²) in [4.78, 5) is 15.5. The molecule has 0 aliphatic rings. The highest BCUT2D eigenvalue weighted by Gasteiger charge is 2.05. The molecule has 0 aromatic carbocycles. The van der Waals surface area contributed by atoms with Crippen LogP contribution >= 0.6 is 0 Å². The van der Waals surface area contributed by atoms with E-state index in [1.807, 2.05) is 18.4 Å². The Morgan fingerprint density at radius 2 is 2.36 bits per heavy atom. The first-order valence-electron chi connectivity index (χ1n) is 4.54. The molecule has 76 valence electrons. The van der Waals surface area contributed by atoms with Gasteiger partial charge < -0.3 is 10.3 Å². The van der Waals surface area contributed by atoms with Crippen LogP contribution in [0, 0.1) is 0 Å². The number of nitrogens with zero attached hydrogens (tertiary/aromatic N) is 2. The molecule has 0 unspecified atom stereocenters. The number of carbonyl (C=O) groups is 1. The van der Waals surface area contributed by atoms with E-state index in [4.69, 9.17) is 5.73 Å². The maximum atomic E-state index is 11.5. The predicted molar refractivity (Wildman–Crippen MR) is 55.0 cm³/mol. The molecule has 2 N–H and O–H groups in total. The maximum Gasteiger partial charge on any atom is 0.205 e. The summed E-state index contributed by atoms with van der Waals surface area (Å²) in [6.45, 7) is 5.01. The molecule has 0 radical (unpaired) electrons. The minimum Gasteiger partial charge on any atom is -0.335 e. The second-order valence-corrected chi connectivity index (χ2v) is 3.37. The van der Waals surface area contributed by atoms with Crippen molar-refractivity contribution in [1.82, 2.24) is 9.55 Å². The van der Waals surface area contributed by atoms with Crippen LogP contribution in [-0.2, 0) is 6.54 Å². The third-order valence-corrected chi connectivity index (χ3v) is 1.69. The number of imidazole rings is 1. The standard InChI is InChI=1S/C10H15N3O/c1-8(2)5-10(14)9-6-13(4-3-11)7-12-9/h5-7H,3-4,11H2,1-2H3. The van der Waals surface area contributed by atoms with Crippen molar-refractivity contribution < 1.29 is 4.79 Å². The topological polar surface area (TPSA) is 60.9 Å². The van der Waals surface area contributed by atoms with E-state index in [9.17, 15) is 4.79 Å². The van der Waals surface area contributed by atoms with Crippen molar-refractivity contribution in [3.8, 4) is 0 Å². The van der Waals surface area contributed by atoms with Gasteiger partial charge in [0.05, 0.1) is 6.33 Å². The van der Waals surface area contributed by atoms with Crippen molar-refractivity contribution in [3.63, 3.8) is 0 Å². The van der Waals surface area contributed by atoms with Crippen LogP contribution in [0.1, 0.15) is 24.3 Å². The van der Waals surface area contributed by atoms with Crippen molar-refractivity contribution in [1.29, 1.82) is 0 Å². The molecule has 1 rings (SSSR count). The molecule has 0 saturated heterocycles. The van der Waals surface area contributed by atoms with E-state index in [2.05, 4.69) is 4.98 Å². The lowest BCUT2D eigenvalue weighted by Crippen LogP contribution is -2.08. The molecule has 1 aromatic rings. The Morgan fingerprint density at radius 3 is 2.93 bits per heavy atom. The largest absolute Gasteiger partial charge is 0.335 e. The molecule has 0 saturated carbocycles. The summed E-state index contributed by atoms with van der Waals surface area (Å²) in [5.41, 5.74) is 6.83. The molecule has 0 aliphatic heterocycles. The molecule has 1 heterocycles. The lowest BCUT2D eigenvalue weighted by Gasteiger charge is -1.95. The summed E-state index contributed by atoms with van der Waals surface area (Å²) in [5, 5.41) is 0. The second kappa shape index (κ2) is 4.72. The van der Waals surface area contributed by atoms with E-state index in [1.165, 1.54) is 0 Å². The Morgan fingerprint density at radius 1 is 1.64 bits per heavy atom. The van der Waals surface area contributed by atoms with E-state index in [0.717, 1.165) is 5.57 Å². The number of aromatic nitrogens is 2. The van der Waals surface area contributed by atoms with Crippen LogP contribution in [0.3, 0.4) is 0 Å². The Bertz CT molecular complexity index is 348. The fraction of sp³-hybridized carbons (Fsp3) is 0.400. The monoisotopic (exact) mass is 193 g/mol. The van der Waals surface area contributed by atoms with Gasteiger partial charge in [-0.1, -0.05) is 5.57 Å². The van der Waals surface area contributed by atoms with Gasteiger partial charge in [0.2, 0.25) is 5.78 Å². The average Bonchev–Trinajstić information content (AvgIpc) is 2.52. The highest BCUT2D eigenvalue weighted by Crippen LogP contribution is 2.01. The SMILES string of the molecule is CC(C)=CC(=O)c1cn(CCN)cn1. The van der Waals surface area contributed by atoms with Gasteiger partial charge in [-0.15, -0.1) is 0 Å². The summed E-state index contributed by atoms with van der Waals surface area (Å²) in [6.07, 6.45) is 4.92. The van der Waals surface area contributed by atoms with Crippen molar-refractivity contribution >= 4 is 5.78 Å². The third-order valence-electron chi connectivity index (χ3n) is 1.69. The quantitative estimate of drug-likeness (QED) is 0.573. The molecule has 1 aromatic heterocycles. The van der Waals surface area contributed by atoms with Gasteiger partial charge in [-0.25, -0.2) is 4.98 Å². The van der Waals surface area contributed by atoms with Crippen molar-refractivity contribution in [2.24, 2.45) is 5.73 Å². The highest BCUT2D eigenvalue weighted by molar-refractivity contribution is 6.03. The van der Waals surface area contributed by atoms with Gasteiger partial charge in [-0.2, -0.15) is 0 Å². The van der Waals surface area contributed by atoms with Crippen LogP contribution in [0.2, 0.25) is 0 Å². The van der Waals surface area contributed by atoms with Gasteiger partial charge in [0, 0.05) is 19.3 Å². The maximum absolute atomic E-state index is 11.5. The van der Waals surface area contributed by atoms with Gasteiger partial charge in [0.25, 0.3) is 0 Å². The highest BCUT2D eigenvalue weighted by atomic mass is 16.1. The molecule has 0 spiro atoms. The van der Waals surface area contributed by atoms with Gasteiger partial charge in [-0.05, 0) is 19.9 Å². The molecule has 4 heteroatoms. The Balaban J connectivity index is 2.76. The number of hydrogen-bond acceptors (Lipinski definition) is 3. The van der Waals surface area contributed by atoms with Crippen molar-refractivity contribution in [3.05, 3.63) is 29.9 Å². The Labute approximate surface area is 83.4 Å². The summed E-state index contributed by atoms with van der Waals surface area (Å²) >= 11 is 0. The predicted octanol–water partition coefficient (Wildman–Crippen LogP) is 0.991. The van der Waals surface area contributed by atoms with Crippen LogP contribution in [0.25, 0.3) is 0 Å². The number of allylic oxidation sites excluding steroid dienone is 2. The minimum atomic E-state index is -0.0548. The van der Waals surface area contributed by atoms with Crippen LogP contribution in [-0.4, -0.2) is 21.9 Å². The number of ketones is 1. The Kier molecular flexibility index (Phi) is 3.59. The molecular weight excluding hydrogens is 178 g/mol. The first-order valence-corrected chi connectivity index (χ1v) is 4.54. The van der Waals surface area contributed by atoms with Crippen molar-refractivity contribution in [2.45, 2.75) is 20.4 Å². The zero-order valence-corrected chi connectivity index (χ0v) is 8.53. The van der Waals surface area contributed by atoms with E-state index >= 15 is 0 Å². The van der Waals surface area contributed by atoms with Gasteiger partial charge >= 0.3 is 0 Å². The lowest BCUT2D eigenvalue weighted by molar-refractivity contribution is 0.104. The molecule has 4 nitrogen and oxygen atoms in total. The number of hydrogen-bond donors (Lipinski definition) is 1. The fourth-order valence-electron chi connectivity index (χ4n) is 1.09. The molecule has 0 amide bonds. The lowest BCUT2D eigenvalue weighted by atomic mass is 10.2. The van der Waals surface area contributed by atoms with Crippen LogP contribution in [0.5, 0.6) is 0 Å². The van der Waals surface area contributed by atoms with Crippen LogP contribution in [0.4, 0.5) is 0 Å². The van der Waals surface area contributed by atoms with E-state index in [0.29, 0.717) is 18.8 Å². The summed E-state index contributed by atoms with van der Waals surface area (Å²) in [7, 11) is 0. The van der Waals surface area contributed by atoms with E-state index in [1.54, 1.807) is 18.6 Å². The second-order valence-electron chi connectivity index (χ2n) is 3.37. The average molecular weight is 193 g/mol. The van der Waals surface area contributed by atoms with Crippen LogP contribution in [0.15, 0.2) is 24.2 Å². The molecule has 0 fully saturated rings. The zero-order valence-electron chi connectivity index (χ0n) is 8.53. The molecule has 0 aliphatic carbocycles. The Hall–Kier alpha value is -1.42. The first-order chi connectivity index (χ1) is 6.63. The van der Waals surface area contributed by atoms with Gasteiger partial charge in [-0.3, -0.25) is 4.79 Å². The first kappa shape index (κ1) is 10.7. The molecule has 0 bridgehead atoms. The van der Waals surface area contributed by atoms with Crippen molar-refractivity contribution in [2.75, 3.05) is 6.54 Å². The molecular formula is C10H15N3O. The number of carbonyl (C=O) groups excluding carboxylic acids is 1. The molecule has 14 heavy (non-hydrogen) atoms. The number of nitrogens with two attached hydrogens (primary N) is 1. The summed E-state index contributed by atoms with van der Waals surface area (Å²) in [5.74, 6) is -0.0548. The van der Waals surface area contributed by atoms with Crippen LogP contribution < -0.4 is 5.73 Å². The molecule has 0 atom stereocenters. The summed E-state index contributed by atoms with van der Waals surface area (Å²) < 4.78 is 1.81. The number of rotatable bonds is 4.